The molecule has 0 amide bonds. The summed E-state index contributed by atoms with van der Waals surface area (Å²) in [5, 5.41) is 13.3. The minimum absolute atomic E-state index is 0.259. The number of hydrogen-bond donors (Lipinski definition) is 1. The summed E-state index contributed by atoms with van der Waals surface area (Å²) in [6.45, 7) is 3.73. The summed E-state index contributed by atoms with van der Waals surface area (Å²) >= 11 is 4.89. The Morgan fingerprint density at radius 3 is 2.65 bits per heavy atom. The molecule has 108 valence electrons. The second kappa shape index (κ2) is 6.05. The van der Waals surface area contributed by atoms with Crippen molar-refractivity contribution in [2.24, 2.45) is 5.41 Å². The van der Waals surface area contributed by atoms with Gasteiger partial charge in [-0.15, -0.1) is 11.3 Å². The fourth-order valence-electron chi connectivity index (χ4n) is 2.03. The SMILES string of the molecule is CCC(CC)(Cc1nc(-c2ccc(Br)s2)no1)C(=O)O. The Morgan fingerprint density at radius 2 is 2.15 bits per heavy atom. The van der Waals surface area contributed by atoms with Gasteiger partial charge in [0.25, 0.3) is 0 Å². The third-order valence-electron chi connectivity index (χ3n) is 3.56. The number of hydrogen-bond acceptors (Lipinski definition) is 5. The number of rotatable bonds is 6. The largest absolute Gasteiger partial charge is 0.481 e. The molecule has 20 heavy (non-hydrogen) atoms. The van der Waals surface area contributed by atoms with Crippen LogP contribution in [0.1, 0.15) is 32.6 Å². The molecule has 0 fully saturated rings. The molecule has 0 spiro atoms. The molecule has 2 rings (SSSR count). The number of aliphatic carboxylic acids is 1. The van der Waals surface area contributed by atoms with Crippen molar-refractivity contribution in [3.05, 3.63) is 21.8 Å². The third-order valence-corrected chi connectivity index (χ3v) is 5.18. The predicted molar refractivity (Wildman–Crippen MR) is 79.7 cm³/mol. The van der Waals surface area contributed by atoms with E-state index in [9.17, 15) is 9.90 Å². The van der Waals surface area contributed by atoms with Crippen LogP contribution in [-0.4, -0.2) is 21.2 Å². The number of carbonyl (C=O) groups is 1. The average molecular weight is 359 g/mol. The first-order valence-corrected chi connectivity index (χ1v) is 7.93. The van der Waals surface area contributed by atoms with Gasteiger partial charge in [-0.05, 0) is 40.9 Å². The van der Waals surface area contributed by atoms with Gasteiger partial charge < -0.3 is 9.63 Å². The summed E-state index contributed by atoms with van der Waals surface area (Å²) in [7, 11) is 0. The van der Waals surface area contributed by atoms with Crippen LogP contribution in [0.3, 0.4) is 0 Å². The summed E-state index contributed by atoms with van der Waals surface area (Å²) in [4.78, 5) is 16.7. The Kier molecular flexibility index (Phi) is 4.59. The Hall–Kier alpha value is -1.21. The van der Waals surface area contributed by atoms with Gasteiger partial charge in [0.1, 0.15) is 0 Å². The monoisotopic (exact) mass is 358 g/mol. The van der Waals surface area contributed by atoms with Gasteiger partial charge in [-0.2, -0.15) is 4.98 Å². The zero-order valence-corrected chi connectivity index (χ0v) is 13.6. The van der Waals surface area contributed by atoms with Gasteiger partial charge in [0.15, 0.2) is 0 Å². The van der Waals surface area contributed by atoms with Crippen molar-refractivity contribution in [3.8, 4) is 10.7 Å². The van der Waals surface area contributed by atoms with Gasteiger partial charge in [0.05, 0.1) is 14.1 Å². The summed E-state index contributed by atoms with van der Waals surface area (Å²) in [5.74, 6) is 0.0546. The molecule has 0 radical (unpaired) electrons. The first-order valence-electron chi connectivity index (χ1n) is 6.32. The van der Waals surface area contributed by atoms with Gasteiger partial charge in [0, 0.05) is 6.42 Å². The van der Waals surface area contributed by atoms with Crippen LogP contribution < -0.4 is 0 Å². The first kappa shape index (κ1) is 15.2. The molecule has 0 aliphatic heterocycles. The molecule has 0 saturated carbocycles. The molecule has 0 atom stereocenters. The Morgan fingerprint density at radius 1 is 1.45 bits per heavy atom. The molecule has 0 aliphatic rings. The van der Waals surface area contributed by atoms with Crippen molar-refractivity contribution >= 4 is 33.2 Å². The van der Waals surface area contributed by atoms with Crippen molar-refractivity contribution in [1.29, 1.82) is 0 Å². The maximum Gasteiger partial charge on any atom is 0.310 e. The molecule has 0 unspecified atom stereocenters. The highest BCUT2D eigenvalue weighted by atomic mass is 79.9. The van der Waals surface area contributed by atoms with Crippen LogP contribution in [0.2, 0.25) is 0 Å². The molecule has 2 heterocycles. The number of carboxylic acid groups (broad SMARTS) is 1. The molecule has 0 saturated heterocycles. The number of halogens is 1. The van der Waals surface area contributed by atoms with E-state index in [1.54, 1.807) is 0 Å². The lowest BCUT2D eigenvalue weighted by molar-refractivity contribution is -0.149. The Bertz CT molecular complexity index is 604. The third kappa shape index (κ3) is 2.93. The van der Waals surface area contributed by atoms with Gasteiger partial charge in [0.2, 0.25) is 11.7 Å². The molecule has 7 heteroatoms. The molecule has 1 N–H and O–H groups in total. The van der Waals surface area contributed by atoms with Crippen LogP contribution >= 0.6 is 27.3 Å². The van der Waals surface area contributed by atoms with Crippen molar-refractivity contribution < 1.29 is 14.4 Å². The van der Waals surface area contributed by atoms with Crippen LogP contribution in [0, 0.1) is 5.41 Å². The topological polar surface area (TPSA) is 76.2 Å². The van der Waals surface area contributed by atoms with E-state index in [4.69, 9.17) is 4.52 Å². The van der Waals surface area contributed by atoms with E-state index in [0.29, 0.717) is 24.6 Å². The van der Waals surface area contributed by atoms with Crippen molar-refractivity contribution in [2.45, 2.75) is 33.1 Å². The standard InChI is InChI=1S/C13H15BrN2O3S/c1-3-13(4-2,12(17)18)7-10-15-11(16-19-10)8-5-6-9(14)20-8/h5-6H,3-4,7H2,1-2H3,(H,17,18). The maximum absolute atomic E-state index is 11.5. The van der Waals surface area contributed by atoms with E-state index >= 15 is 0 Å². The fourth-order valence-corrected chi connectivity index (χ4v) is 3.34. The van der Waals surface area contributed by atoms with E-state index < -0.39 is 11.4 Å². The van der Waals surface area contributed by atoms with Gasteiger partial charge in [-0.1, -0.05) is 19.0 Å². The van der Waals surface area contributed by atoms with Gasteiger partial charge >= 0.3 is 5.97 Å². The lowest BCUT2D eigenvalue weighted by Crippen LogP contribution is -2.32. The zero-order chi connectivity index (χ0) is 14.8. The fraction of sp³-hybridized carbons (Fsp3) is 0.462. The van der Waals surface area contributed by atoms with Crippen LogP contribution in [0.15, 0.2) is 20.4 Å². The number of carboxylic acids is 1. The summed E-state index contributed by atoms with van der Waals surface area (Å²) < 4.78 is 6.19. The van der Waals surface area contributed by atoms with Crippen molar-refractivity contribution in [3.63, 3.8) is 0 Å². The number of nitrogens with zero attached hydrogens (tertiary/aromatic N) is 2. The highest BCUT2D eigenvalue weighted by Crippen LogP contribution is 2.33. The van der Waals surface area contributed by atoms with E-state index in [2.05, 4.69) is 26.1 Å². The Labute approximate surface area is 129 Å². The molecule has 5 nitrogen and oxygen atoms in total. The quantitative estimate of drug-likeness (QED) is 0.844. The Balaban J connectivity index is 2.23. The van der Waals surface area contributed by atoms with Crippen LogP contribution in [-0.2, 0) is 11.2 Å². The van der Waals surface area contributed by atoms with E-state index in [0.717, 1.165) is 8.66 Å². The smallest absolute Gasteiger partial charge is 0.310 e. The minimum atomic E-state index is -0.833. The molecule has 0 bridgehead atoms. The predicted octanol–water partition coefficient (Wildman–Crippen LogP) is 3.99. The van der Waals surface area contributed by atoms with Gasteiger partial charge in [-0.25, -0.2) is 0 Å². The number of aromatic nitrogens is 2. The van der Waals surface area contributed by atoms with E-state index in [-0.39, 0.29) is 6.42 Å². The highest BCUT2D eigenvalue weighted by molar-refractivity contribution is 9.11. The highest BCUT2D eigenvalue weighted by Gasteiger charge is 2.37. The second-order valence-electron chi connectivity index (χ2n) is 4.58. The van der Waals surface area contributed by atoms with Crippen molar-refractivity contribution in [1.82, 2.24) is 10.1 Å². The minimum Gasteiger partial charge on any atom is -0.481 e. The van der Waals surface area contributed by atoms with Crippen LogP contribution in [0.25, 0.3) is 10.7 Å². The molecule has 0 aromatic carbocycles. The van der Waals surface area contributed by atoms with E-state index in [1.165, 1.54) is 11.3 Å². The first-order chi connectivity index (χ1) is 9.50. The number of thiophene rings is 1. The second-order valence-corrected chi connectivity index (χ2v) is 7.05. The molecule has 2 aromatic heterocycles. The molecular weight excluding hydrogens is 344 g/mol. The normalized spacial score (nSPS) is 11.8. The zero-order valence-electron chi connectivity index (χ0n) is 11.2. The van der Waals surface area contributed by atoms with E-state index in [1.807, 2.05) is 26.0 Å². The van der Waals surface area contributed by atoms with Gasteiger partial charge in [-0.3, -0.25) is 4.79 Å². The van der Waals surface area contributed by atoms with Crippen LogP contribution in [0.5, 0.6) is 0 Å². The lowest BCUT2D eigenvalue weighted by atomic mass is 9.79. The summed E-state index contributed by atoms with van der Waals surface area (Å²) in [5.41, 5.74) is -0.833. The molecule has 2 aromatic rings. The van der Waals surface area contributed by atoms with Crippen molar-refractivity contribution in [2.75, 3.05) is 0 Å². The lowest BCUT2D eigenvalue weighted by Gasteiger charge is -2.24. The summed E-state index contributed by atoms with van der Waals surface area (Å²) in [6, 6.07) is 3.81. The average Bonchev–Trinajstić information content (AvgIpc) is 3.04. The molecule has 0 aliphatic carbocycles. The van der Waals surface area contributed by atoms with Crippen LogP contribution in [0.4, 0.5) is 0 Å². The molecular formula is C13H15BrN2O3S. The summed E-state index contributed by atoms with van der Waals surface area (Å²) in [6.07, 6.45) is 1.32. The maximum atomic E-state index is 11.5.